The van der Waals surface area contributed by atoms with Crippen LogP contribution in [0.2, 0.25) is 0 Å². The average molecular weight is 340 g/mol. The summed E-state index contributed by atoms with van der Waals surface area (Å²) in [7, 11) is 1.89. The highest BCUT2D eigenvalue weighted by atomic mass is 19.4. The van der Waals surface area contributed by atoms with Crippen molar-refractivity contribution in [3.05, 3.63) is 35.7 Å². The summed E-state index contributed by atoms with van der Waals surface area (Å²) in [5, 5.41) is 3.34. The molecule has 1 saturated heterocycles. The first-order valence-electron chi connectivity index (χ1n) is 7.29. The minimum atomic E-state index is -4.66. The van der Waals surface area contributed by atoms with E-state index < -0.39 is 12.1 Å². The van der Waals surface area contributed by atoms with Crippen LogP contribution in [0.1, 0.15) is 11.5 Å². The fraction of sp³-hybridized carbons (Fsp3) is 0.400. The summed E-state index contributed by atoms with van der Waals surface area (Å²) in [6.45, 7) is 2.32. The smallest absolute Gasteiger partial charge is 0.336 e. The Morgan fingerprint density at radius 1 is 1.21 bits per heavy atom. The summed E-state index contributed by atoms with van der Waals surface area (Å²) >= 11 is 0. The highest BCUT2D eigenvalue weighted by Crippen LogP contribution is 2.29. The standard InChI is InChI=1S/C15H15F3N4O2/c1-21-6-7-22(12(23)9-21)8-10-2-4-11(5-3-10)13-19-14(24-20-13)15(16,17)18/h2-5H,6-9H2,1H3. The van der Waals surface area contributed by atoms with E-state index in [-0.39, 0.29) is 11.7 Å². The Morgan fingerprint density at radius 2 is 1.92 bits per heavy atom. The van der Waals surface area contributed by atoms with Gasteiger partial charge < -0.3 is 9.42 Å². The minimum absolute atomic E-state index is 0.0563. The van der Waals surface area contributed by atoms with Crippen LogP contribution in [0.25, 0.3) is 11.4 Å². The molecule has 0 aliphatic carbocycles. The van der Waals surface area contributed by atoms with Gasteiger partial charge in [0.2, 0.25) is 11.7 Å². The van der Waals surface area contributed by atoms with Gasteiger partial charge in [0.15, 0.2) is 0 Å². The number of carbonyl (C=O) groups is 1. The number of likely N-dealkylation sites (N-methyl/N-ethyl adjacent to an activating group) is 1. The summed E-state index contributed by atoms with van der Waals surface area (Å²) in [5.41, 5.74) is 1.30. The molecule has 0 unspecified atom stereocenters. The van der Waals surface area contributed by atoms with Crippen LogP contribution in [0.15, 0.2) is 28.8 Å². The molecule has 0 spiro atoms. The van der Waals surface area contributed by atoms with E-state index in [1.54, 1.807) is 29.2 Å². The fourth-order valence-corrected chi connectivity index (χ4v) is 2.43. The second-order valence-corrected chi connectivity index (χ2v) is 5.67. The second kappa shape index (κ2) is 6.23. The van der Waals surface area contributed by atoms with Gasteiger partial charge in [-0.1, -0.05) is 29.4 Å². The van der Waals surface area contributed by atoms with E-state index >= 15 is 0 Å². The molecule has 9 heteroatoms. The summed E-state index contributed by atoms with van der Waals surface area (Å²) in [4.78, 5) is 19.0. The number of amides is 1. The van der Waals surface area contributed by atoms with Crippen LogP contribution in [0, 0.1) is 0 Å². The lowest BCUT2D eigenvalue weighted by atomic mass is 10.1. The fourth-order valence-electron chi connectivity index (χ4n) is 2.43. The van der Waals surface area contributed by atoms with E-state index in [9.17, 15) is 18.0 Å². The molecular formula is C15H15F3N4O2. The third-order valence-electron chi connectivity index (χ3n) is 3.76. The van der Waals surface area contributed by atoms with Gasteiger partial charge in [0.25, 0.3) is 0 Å². The van der Waals surface area contributed by atoms with Gasteiger partial charge in [-0.15, -0.1) is 0 Å². The molecular weight excluding hydrogens is 325 g/mol. The Labute approximate surface area is 135 Å². The molecule has 0 radical (unpaired) electrons. The molecule has 6 nitrogen and oxygen atoms in total. The number of hydrogen-bond acceptors (Lipinski definition) is 5. The molecule has 0 N–H and O–H groups in total. The summed E-state index contributed by atoms with van der Waals surface area (Å²) in [6.07, 6.45) is -4.66. The monoisotopic (exact) mass is 340 g/mol. The molecule has 1 aromatic heterocycles. The maximum atomic E-state index is 12.5. The zero-order valence-corrected chi connectivity index (χ0v) is 12.9. The first-order chi connectivity index (χ1) is 11.3. The van der Waals surface area contributed by atoms with E-state index in [4.69, 9.17) is 0 Å². The van der Waals surface area contributed by atoms with E-state index in [2.05, 4.69) is 14.7 Å². The molecule has 0 bridgehead atoms. The number of carbonyl (C=O) groups excluding carboxylic acids is 1. The third kappa shape index (κ3) is 3.56. The van der Waals surface area contributed by atoms with Crippen LogP contribution in [-0.2, 0) is 17.5 Å². The van der Waals surface area contributed by atoms with E-state index in [1.807, 2.05) is 11.9 Å². The third-order valence-corrected chi connectivity index (χ3v) is 3.76. The van der Waals surface area contributed by atoms with Gasteiger partial charge in [-0.2, -0.15) is 18.2 Å². The Kier molecular flexibility index (Phi) is 4.27. The molecule has 2 aromatic rings. The van der Waals surface area contributed by atoms with Gasteiger partial charge in [-0.3, -0.25) is 9.69 Å². The number of hydrogen-bond donors (Lipinski definition) is 0. The quantitative estimate of drug-likeness (QED) is 0.856. The van der Waals surface area contributed by atoms with Crippen molar-refractivity contribution in [2.45, 2.75) is 12.7 Å². The lowest BCUT2D eigenvalue weighted by molar-refractivity contribution is -0.159. The number of nitrogens with zero attached hydrogens (tertiary/aromatic N) is 4. The Balaban J connectivity index is 1.69. The highest BCUT2D eigenvalue weighted by Gasteiger charge is 2.38. The lowest BCUT2D eigenvalue weighted by Crippen LogP contribution is -2.48. The van der Waals surface area contributed by atoms with Crippen molar-refractivity contribution >= 4 is 5.91 Å². The van der Waals surface area contributed by atoms with Crippen molar-refractivity contribution in [2.75, 3.05) is 26.7 Å². The lowest BCUT2D eigenvalue weighted by Gasteiger charge is -2.32. The predicted molar refractivity (Wildman–Crippen MR) is 77.7 cm³/mol. The maximum Gasteiger partial charge on any atom is 0.471 e. The summed E-state index contributed by atoms with van der Waals surface area (Å²) in [6, 6.07) is 6.71. The van der Waals surface area contributed by atoms with Crippen LogP contribution in [0.4, 0.5) is 13.2 Å². The number of benzene rings is 1. The molecule has 0 atom stereocenters. The Hall–Kier alpha value is -2.42. The van der Waals surface area contributed by atoms with Gasteiger partial charge >= 0.3 is 12.1 Å². The largest absolute Gasteiger partial charge is 0.471 e. The minimum Gasteiger partial charge on any atom is -0.336 e. The van der Waals surface area contributed by atoms with Crippen molar-refractivity contribution in [2.24, 2.45) is 0 Å². The van der Waals surface area contributed by atoms with Gasteiger partial charge in [0.1, 0.15) is 0 Å². The molecule has 3 rings (SSSR count). The molecule has 1 aliphatic rings. The van der Waals surface area contributed by atoms with Crippen LogP contribution >= 0.6 is 0 Å². The molecule has 128 valence electrons. The first kappa shape index (κ1) is 16.4. The van der Waals surface area contributed by atoms with Crippen molar-refractivity contribution in [3.63, 3.8) is 0 Å². The van der Waals surface area contributed by atoms with Gasteiger partial charge in [0, 0.05) is 25.2 Å². The van der Waals surface area contributed by atoms with Crippen LogP contribution in [0.5, 0.6) is 0 Å². The average Bonchev–Trinajstić information content (AvgIpc) is 3.01. The molecule has 1 amide bonds. The van der Waals surface area contributed by atoms with E-state index in [1.165, 1.54) is 0 Å². The zero-order chi connectivity index (χ0) is 17.3. The molecule has 1 aromatic carbocycles. The van der Waals surface area contributed by atoms with Crippen molar-refractivity contribution in [1.82, 2.24) is 19.9 Å². The number of halogens is 3. The molecule has 1 aliphatic heterocycles. The van der Waals surface area contributed by atoms with E-state index in [0.717, 1.165) is 12.1 Å². The van der Waals surface area contributed by atoms with Crippen molar-refractivity contribution < 1.29 is 22.5 Å². The second-order valence-electron chi connectivity index (χ2n) is 5.67. The molecule has 2 heterocycles. The predicted octanol–water partition coefficient (Wildman–Crippen LogP) is 2.03. The Morgan fingerprint density at radius 3 is 2.50 bits per heavy atom. The van der Waals surface area contributed by atoms with Crippen molar-refractivity contribution in [3.8, 4) is 11.4 Å². The first-order valence-corrected chi connectivity index (χ1v) is 7.29. The Bertz CT molecular complexity index is 727. The highest BCUT2D eigenvalue weighted by molar-refractivity contribution is 5.79. The van der Waals surface area contributed by atoms with Gasteiger partial charge in [0.05, 0.1) is 6.54 Å². The number of aromatic nitrogens is 2. The normalized spacial score (nSPS) is 16.7. The van der Waals surface area contributed by atoms with Crippen LogP contribution < -0.4 is 0 Å². The van der Waals surface area contributed by atoms with Crippen LogP contribution in [-0.4, -0.2) is 52.5 Å². The summed E-state index contributed by atoms with van der Waals surface area (Å²) in [5.74, 6) is -1.44. The zero-order valence-electron chi connectivity index (χ0n) is 12.9. The van der Waals surface area contributed by atoms with E-state index in [0.29, 0.717) is 25.2 Å². The number of alkyl halides is 3. The number of rotatable bonds is 3. The maximum absolute atomic E-state index is 12.5. The summed E-state index contributed by atoms with van der Waals surface area (Å²) < 4.78 is 41.6. The molecule has 1 fully saturated rings. The molecule has 24 heavy (non-hydrogen) atoms. The SMILES string of the molecule is CN1CCN(Cc2ccc(-c3noc(C(F)(F)F)n3)cc2)C(=O)C1. The van der Waals surface area contributed by atoms with Crippen LogP contribution in [0.3, 0.4) is 0 Å². The molecule has 0 saturated carbocycles. The van der Waals surface area contributed by atoms with Crippen molar-refractivity contribution in [1.29, 1.82) is 0 Å². The van der Waals surface area contributed by atoms with Gasteiger partial charge in [-0.05, 0) is 12.6 Å². The number of piperazine rings is 1. The van der Waals surface area contributed by atoms with Gasteiger partial charge in [-0.25, -0.2) is 0 Å². The topological polar surface area (TPSA) is 62.5 Å².